The van der Waals surface area contributed by atoms with Crippen molar-refractivity contribution in [2.24, 2.45) is 0 Å². The van der Waals surface area contributed by atoms with Crippen LogP contribution in [0, 0.1) is 13.8 Å². The highest BCUT2D eigenvalue weighted by atomic mass is 16.7. The summed E-state index contributed by atoms with van der Waals surface area (Å²) in [6.45, 7) is 5.61. The average molecular weight is 254 g/mol. The van der Waals surface area contributed by atoms with Crippen LogP contribution in [-0.4, -0.2) is 32.7 Å². The molecular weight excluding hydrogens is 232 g/mol. The number of rotatable bonds is 5. The predicted molar refractivity (Wildman–Crippen MR) is 69.8 cm³/mol. The van der Waals surface area contributed by atoms with E-state index in [0.29, 0.717) is 11.3 Å². The van der Waals surface area contributed by atoms with Crippen molar-refractivity contribution in [3.05, 3.63) is 28.8 Å². The van der Waals surface area contributed by atoms with Crippen LogP contribution in [0.5, 0.6) is 5.75 Å². The summed E-state index contributed by atoms with van der Waals surface area (Å²) in [5.74, 6) is 0.666. The number of aryl methyl sites for hydroxylation is 1. The first-order chi connectivity index (χ1) is 8.39. The molecule has 0 spiro atoms. The van der Waals surface area contributed by atoms with Crippen LogP contribution in [0.15, 0.2) is 12.1 Å². The van der Waals surface area contributed by atoms with Crippen molar-refractivity contribution in [3.63, 3.8) is 0 Å². The molecule has 0 aliphatic rings. The van der Waals surface area contributed by atoms with Gasteiger partial charge in [0.25, 0.3) is 0 Å². The number of methoxy groups -OCH3 is 3. The lowest BCUT2D eigenvalue weighted by atomic mass is 9.91. The molecular formula is C14H22O4. The zero-order valence-corrected chi connectivity index (χ0v) is 11.9. The van der Waals surface area contributed by atoms with Crippen LogP contribution in [0.2, 0.25) is 0 Å². The molecule has 0 amide bonds. The summed E-state index contributed by atoms with van der Waals surface area (Å²) in [4.78, 5) is 0. The van der Waals surface area contributed by atoms with Gasteiger partial charge in [0.15, 0.2) is 6.29 Å². The molecule has 4 heteroatoms. The molecule has 0 aliphatic carbocycles. The second kappa shape index (κ2) is 5.69. The van der Waals surface area contributed by atoms with Gasteiger partial charge in [-0.1, -0.05) is 12.1 Å². The fourth-order valence-electron chi connectivity index (χ4n) is 2.13. The maximum atomic E-state index is 10.6. The van der Waals surface area contributed by atoms with Gasteiger partial charge in [-0.25, -0.2) is 0 Å². The van der Waals surface area contributed by atoms with Crippen LogP contribution >= 0.6 is 0 Å². The Morgan fingerprint density at radius 1 is 1.11 bits per heavy atom. The fraction of sp³-hybridized carbons (Fsp3) is 0.571. The molecule has 1 rings (SSSR count). The molecule has 102 valence electrons. The number of hydrogen-bond donors (Lipinski definition) is 1. The minimum absolute atomic E-state index is 0.654. The van der Waals surface area contributed by atoms with Gasteiger partial charge in [0.05, 0.1) is 7.11 Å². The van der Waals surface area contributed by atoms with Crippen LogP contribution < -0.4 is 4.74 Å². The van der Waals surface area contributed by atoms with Crippen LogP contribution in [0.4, 0.5) is 0 Å². The Morgan fingerprint density at radius 3 is 2.11 bits per heavy atom. The smallest absolute Gasteiger partial charge is 0.189 e. The molecule has 0 saturated carbocycles. The van der Waals surface area contributed by atoms with E-state index in [1.807, 2.05) is 26.0 Å². The Bertz CT molecular complexity index is 409. The zero-order valence-electron chi connectivity index (χ0n) is 11.9. The van der Waals surface area contributed by atoms with Crippen LogP contribution in [0.1, 0.15) is 23.6 Å². The van der Waals surface area contributed by atoms with E-state index in [4.69, 9.17) is 14.2 Å². The monoisotopic (exact) mass is 254 g/mol. The summed E-state index contributed by atoms with van der Waals surface area (Å²) < 4.78 is 15.7. The van der Waals surface area contributed by atoms with Crippen molar-refractivity contribution < 1.29 is 19.3 Å². The Labute approximate surface area is 108 Å². The molecule has 1 unspecified atom stereocenters. The first kappa shape index (κ1) is 15.0. The largest absolute Gasteiger partial charge is 0.496 e. The van der Waals surface area contributed by atoms with Gasteiger partial charge in [-0.05, 0) is 31.9 Å². The van der Waals surface area contributed by atoms with Gasteiger partial charge in [0.1, 0.15) is 11.4 Å². The number of hydrogen-bond acceptors (Lipinski definition) is 4. The fourth-order valence-corrected chi connectivity index (χ4v) is 2.13. The van der Waals surface area contributed by atoms with E-state index in [1.54, 1.807) is 14.0 Å². The summed E-state index contributed by atoms with van der Waals surface area (Å²) in [7, 11) is 4.59. The first-order valence-electron chi connectivity index (χ1n) is 5.82. The Hall–Kier alpha value is -1.10. The normalized spacial score (nSPS) is 14.7. The lowest BCUT2D eigenvalue weighted by Gasteiger charge is -2.32. The molecule has 0 fully saturated rings. The zero-order chi connectivity index (χ0) is 13.9. The molecule has 0 aliphatic heterocycles. The van der Waals surface area contributed by atoms with Crippen molar-refractivity contribution in [1.82, 2.24) is 0 Å². The van der Waals surface area contributed by atoms with Crippen molar-refractivity contribution in [2.45, 2.75) is 32.7 Å². The van der Waals surface area contributed by atoms with Gasteiger partial charge >= 0.3 is 0 Å². The van der Waals surface area contributed by atoms with E-state index in [2.05, 4.69) is 0 Å². The van der Waals surface area contributed by atoms with Crippen LogP contribution in [0.3, 0.4) is 0 Å². The highest BCUT2D eigenvalue weighted by molar-refractivity contribution is 5.48. The second-order valence-electron chi connectivity index (χ2n) is 4.54. The van der Waals surface area contributed by atoms with Crippen molar-refractivity contribution in [3.8, 4) is 5.75 Å². The minimum atomic E-state index is -1.28. The standard InChI is InChI=1S/C14H22O4/c1-9-7-8-11(12(16-4)10(9)2)14(3,15)13(17-5)18-6/h7-8,13,15H,1-6H3. The Morgan fingerprint density at radius 2 is 1.67 bits per heavy atom. The van der Waals surface area contributed by atoms with E-state index in [0.717, 1.165) is 11.1 Å². The van der Waals surface area contributed by atoms with E-state index in [-0.39, 0.29) is 0 Å². The van der Waals surface area contributed by atoms with Crippen LogP contribution in [0.25, 0.3) is 0 Å². The topological polar surface area (TPSA) is 47.9 Å². The summed E-state index contributed by atoms with van der Waals surface area (Å²) in [5, 5.41) is 10.6. The van der Waals surface area contributed by atoms with Crippen LogP contribution in [-0.2, 0) is 15.1 Å². The summed E-state index contributed by atoms with van der Waals surface area (Å²) in [5.41, 5.74) is 1.48. The number of ether oxygens (including phenoxy) is 3. The minimum Gasteiger partial charge on any atom is -0.496 e. The highest BCUT2D eigenvalue weighted by Gasteiger charge is 2.37. The third kappa shape index (κ3) is 2.51. The Kier molecular flexibility index (Phi) is 4.73. The molecule has 0 bridgehead atoms. The lowest BCUT2D eigenvalue weighted by molar-refractivity contribution is -0.213. The third-order valence-electron chi connectivity index (χ3n) is 3.31. The first-order valence-corrected chi connectivity index (χ1v) is 5.82. The molecule has 0 radical (unpaired) electrons. The van der Waals surface area contributed by atoms with E-state index >= 15 is 0 Å². The summed E-state index contributed by atoms with van der Waals surface area (Å²) in [6, 6.07) is 3.79. The van der Waals surface area contributed by atoms with Crippen molar-refractivity contribution in [2.75, 3.05) is 21.3 Å². The number of aliphatic hydroxyl groups is 1. The SMILES string of the molecule is COc1c(C(C)(O)C(OC)OC)ccc(C)c1C. The van der Waals surface area contributed by atoms with Crippen molar-refractivity contribution >= 4 is 0 Å². The number of benzene rings is 1. The average Bonchev–Trinajstić information content (AvgIpc) is 2.33. The van der Waals surface area contributed by atoms with Gasteiger partial charge in [-0.2, -0.15) is 0 Å². The summed E-state index contributed by atoms with van der Waals surface area (Å²) >= 11 is 0. The lowest BCUT2D eigenvalue weighted by Crippen LogP contribution is -2.39. The van der Waals surface area contributed by atoms with Gasteiger partial charge in [-0.15, -0.1) is 0 Å². The molecule has 1 aromatic rings. The predicted octanol–water partition coefficient (Wildman–Crippen LogP) is 2.14. The molecule has 1 atom stereocenters. The molecule has 18 heavy (non-hydrogen) atoms. The molecule has 0 aromatic heterocycles. The summed E-state index contributed by atoms with van der Waals surface area (Å²) in [6.07, 6.45) is -0.756. The quantitative estimate of drug-likeness (QED) is 0.818. The van der Waals surface area contributed by atoms with Gasteiger partial charge in [0.2, 0.25) is 0 Å². The second-order valence-corrected chi connectivity index (χ2v) is 4.54. The third-order valence-corrected chi connectivity index (χ3v) is 3.31. The molecule has 1 N–H and O–H groups in total. The Balaban J connectivity index is 3.36. The van der Waals surface area contributed by atoms with E-state index in [9.17, 15) is 5.11 Å². The van der Waals surface area contributed by atoms with Gasteiger partial charge in [-0.3, -0.25) is 0 Å². The van der Waals surface area contributed by atoms with Crippen molar-refractivity contribution in [1.29, 1.82) is 0 Å². The molecule has 0 heterocycles. The highest BCUT2D eigenvalue weighted by Crippen LogP contribution is 2.37. The van der Waals surface area contributed by atoms with E-state index in [1.165, 1.54) is 14.2 Å². The van der Waals surface area contributed by atoms with E-state index < -0.39 is 11.9 Å². The maximum Gasteiger partial charge on any atom is 0.189 e. The van der Waals surface area contributed by atoms with Gasteiger partial charge in [0, 0.05) is 19.8 Å². The molecule has 4 nitrogen and oxygen atoms in total. The maximum absolute atomic E-state index is 10.6. The molecule has 1 aromatic carbocycles. The molecule has 0 saturated heterocycles. The van der Waals surface area contributed by atoms with Gasteiger partial charge < -0.3 is 19.3 Å².